The summed E-state index contributed by atoms with van der Waals surface area (Å²) in [7, 11) is 0. The molecule has 8 heteroatoms. The molecule has 3 aromatic heterocycles. The maximum atomic E-state index is 11.1. The number of aromatic carboxylic acids is 1. The molecule has 8 nitrogen and oxygen atoms in total. The van der Waals surface area contributed by atoms with Gasteiger partial charge in [0.05, 0.1) is 17.4 Å². The Labute approximate surface area is 164 Å². The molecule has 0 unspecified atom stereocenters. The first-order chi connectivity index (χ1) is 14.1. The van der Waals surface area contributed by atoms with Gasteiger partial charge >= 0.3 is 5.97 Å². The van der Waals surface area contributed by atoms with Crippen LogP contribution in [0, 0.1) is 5.41 Å². The Morgan fingerprint density at radius 2 is 1.97 bits per heavy atom. The number of nitrogens with zero attached hydrogens (tertiary/aromatic N) is 3. The van der Waals surface area contributed by atoms with Crippen LogP contribution in [0.25, 0.3) is 22.6 Å². The van der Waals surface area contributed by atoms with Gasteiger partial charge < -0.3 is 20.2 Å². The third kappa shape index (κ3) is 2.91. The molecule has 0 radical (unpaired) electrons. The van der Waals surface area contributed by atoms with Crippen LogP contribution in [-0.4, -0.2) is 31.7 Å². The maximum absolute atomic E-state index is 11.1. The number of nitrogens with one attached hydrogen (secondary N) is 2. The summed E-state index contributed by atoms with van der Waals surface area (Å²) in [5, 5.41) is 21.3. The summed E-state index contributed by atoms with van der Waals surface area (Å²) in [6.07, 6.45) is 7.40. The molecule has 0 saturated heterocycles. The lowest BCUT2D eigenvalue weighted by molar-refractivity contribution is 0.0696. The third-order valence-electron chi connectivity index (χ3n) is 4.94. The highest BCUT2D eigenvalue weighted by Crippen LogP contribution is 2.38. The Morgan fingerprint density at radius 3 is 2.76 bits per heavy atom. The van der Waals surface area contributed by atoms with E-state index in [0.717, 1.165) is 35.0 Å². The summed E-state index contributed by atoms with van der Waals surface area (Å²) < 4.78 is 5.94. The molecule has 29 heavy (non-hydrogen) atoms. The van der Waals surface area contributed by atoms with Crippen molar-refractivity contribution in [3.8, 4) is 11.6 Å². The largest absolute Gasteiger partial charge is 0.478 e. The number of furan rings is 1. The molecule has 0 bridgehead atoms. The van der Waals surface area contributed by atoms with Crippen molar-refractivity contribution in [1.29, 1.82) is 5.41 Å². The zero-order valence-corrected chi connectivity index (χ0v) is 15.1. The topological polar surface area (TPSA) is 125 Å². The smallest absolute Gasteiger partial charge is 0.338 e. The van der Waals surface area contributed by atoms with Gasteiger partial charge in [-0.2, -0.15) is 0 Å². The van der Waals surface area contributed by atoms with Gasteiger partial charge in [-0.3, -0.25) is 4.98 Å². The van der Waals surface area contributed by atoms with Crippen LogP contribution in [0.15, 0.2) is 53.5 Å². The SMILES string of the molecule is N=C1CCc2cc(Nc3c(-c4ncc(C(=O)O)cn4)oc4cnccc34)ccc21. The Morgan fingerprint density at radius 1 is 1.14 bits per heavy atom. The second kappa shape index (κ2) is 6.52. The van der Waals surface area contributed by atoms with E-state index in [2.05, 4.69) is 20.3 Å². The van der Waals surface area contributed by atoms with Crippen molar-refractivity contribution in [2.75, 3.05) is 5.32 Å². The summed E-state index contributed by atoms with van der Waals surface area (Å²) >= 11 is 0. The summed E-state index contributed by atoms with van der Waals surface area (Å²) in [6, 6.07) is 7.75. The molecule has 3 N–H and O–H groups in total. The number of anilines is 2. The fourth-order valence-electron chi connectivity index (χ4n) is 3.50. The molecule has 3 heterocycles. The number of carboxylic acid groups (broad SMARTS) is 1. The molecule has 1 aliphatic rings. The van der Waals surface area contributed by atoms with Crippen molar-refractivity contribution in [1.82, 2.24) is 15.0 Å². The summed E-state index contributed by atoms with van der Waals surface area (Å²) in [6.45, 7) is 0. The second-order valence-corrected chi connectivity index (χ2v) is 6.75. The van der Waals surface area contributed by atoms with Gasteiger partial charge in [-0.1, -0.05) is 6.07 Å². The van der Waals surface area contributed by atoms with Gasteiger partial charge in [0.15, 0.2) is 17.2 Å². The van der Waals surface area contributed by atoms with Crippen LogP contribution >= 0.6 is 0 Å². The number of pyridine rings is 1. The lowest BCUT2D eigenvalue weighted by Gasteiger charge is -2.09. The highest BCUT2D eigenvalue weighted by atomic mass is 16.4. The van der Waals surface area contributed by atoms with Gasteiger partial charge in [-0.25, -0.2) is 14.8 Å². The van der Waals surface area contributed by atoms with Crippen molar-refractivity contribution >= 4 is 34.0 Å². The number of hydrogen-bond acceptors (Lipinski definition) is 7. The maximum Gasteiger partial charge on any atom is 0.338 e. The van der Waals surface area contributed by atoms with Crippen molar-refractivity contribution in [3.05, 3.63) is 65.7 Å². The minimum absolute atomic E-state index is 0.00195. The Kier molecular flexibility index (Phi) is 3.83. The molecule has 0 atom stereocenters. The van der Waals surface area contributed by atoms with E-state index in [4.69, 9.17) is 14.9 Å². The minimum atomic E-state index is -1.09. The molecule has 0 saturated carbocycles. The van der Waals surface area contributed by atoms with E-state index in [1.807, 2.05) is 24.3 Å². The molecule has 0 aliphatic heterocycles. The summed E-state index contributed by atoms with van der Waals surface area (Å²) in [5.74, 6) is -0.415. The molecule has 5 rings (SSSR count). The average Bonchev–Trinajstić information content (AvgIpc) is 3.29. The van der Waals surface area contributed by atoms with Crippen LogP contribution in [0.4, 0.5) is 11.4 Å². The van der Waals surface area contributed by atoms with E-state index >= 15 is 0 Å². The van der Waals surface area contributed by atoms with Gasteiger partial charge in [0.1, 0.15) is 0 Å². The zero-order valence-electron chi connectivity index (χ0n) is 15.1. The van der Waals surface area contributed by atoms with Crippen LogP contribution in [0.5, 0.6) is 0 Å². The molecular formula is C21H15N5O3. The first-order valence-electron chi connectivity index (χ1n) is 9.00. The fraction of sp³-hybridized carbons (Fsp3) is 0.0952. The lowest BCUT2D eigenvalue weighted by Crippen LogP contribution is -2.00. The lowest BCUT2D eigenvalue weighted by atomic mass is 10.1. The van der Waals surface area contributed by atoms with E-state index in [-0.39, 0.29) is 11.4 Å². The monoisotopic (exact) mass is 385 g/mol. The van der Waals surface area contributed by atoms with Crippen molar-refractivity contribution in [2.24, 2.45) is 0 Å². The molecule has 0 fully saturated rings. The number of aromatic nitrogens is 3. The number of aryl methyl sites for hydroxylation is 1. The summed E-state index contributed by atoms with van der Waals surface area (Å²) in [4.78, 5) is 23.5. The molecule has 4 aromatic rings. The third-order valence-corrected chi connectivity index (χ3v) is 4.94. The van der Waals surface area contributed by atoms with E-state index in [0.29, 0.717) is 22.7 Å². The van der Waals surface area contributed by atoms with Crippen LogP contribution in [-0.2, 0) is 6.42 Å². The highest BCUT2D eigenvalue weighted by Gasteiger charge is 2.21. The Hall–Kier alpha value is -4.07. The van der Waals surface area contributed by atoms with E-state index in [9.17, 15) is 4.79 Å². The molecular weight excluding hydrogens is 370 g/mol. The van der Waals surface area contributed by atoms with Crippen LogP contribution in [0.2, 0.25) is 0 Å². The number of carbonyl (C=O) groups is 1. The molecule has 142 valence electrons. The fourth-order valence-corrected chi connectivity index (χ4v) is 3.50. The molecule has 1 aromatic carbocycles. The Bertz CT molecular complexity index is 1280. The normalized spacial score (nSPS) is 12.9. The first-order valence-corrected chi connectivity index (χ1v) is 9.00. The predicted octanol–water partition coefficient (Wildman–Crippen LogP) is 4.04. The van der Waals surface area contributed by atoms with Crippen molar-refractivity contribution < 1.29 is 14.3 Å². The van der Waals surface area contributed by atoms with Crippen LogP contribution < -0.4 is 5.32 Å². The van der Waals surface area contributed by atoms with Gasteiger partial charge in [-0.05, 0) is 42.2 Å². The van der Waals surface area contributed by atoms with Gasteiger partial charge in [0, 0.05) is 35.4 Å². The quantitative estimate of drug-likeness (QED) is 0.484. The number of benzene rings is 1. The highest BCUT2D eigenvalue weighted by molar-refractivity contribution is 6.03. The van der Waals surface area contributed by atoms with E-state index in [1.165, 1.54) is 12.4 Å². The average molecular weight is 385 g/mol. The number of hydrogen-bond donors (Lipinski definition) is 3. The number of fused-ring (bicyclic) bond motifs is 2. The van der Waals surface area contributed by atoms with Gasteiger partial charge in [0.25, 0.3) is 0 Å². The number of carboxylic acids is 1. The first kappa shape index (κ1) is 17.1. The van der Waals surface area contributed by atoms with Crippen molar-refractivity contribution in [2.45, 2.75) is 12.8 Å². The summed E-state index contributed by atoms with van der Waals surface area (Å²) in [5.41, 5.74) is 4.91. The van der Waals surface area contributed by atoms with Crippen LogP contribution in [0.1, 0.15) is 27.9 Å². The zero-order chi connectivity index (χ0) is 20.0. The van der Waals surface area contributed by atoms with E-state index in [1.54, 1.807) is 12.4 Å². The minimum Gasteiger partial charge on any atom is -0.478 e. The van der Waals surface area contributed by atoms with Crippen molar-refractivity contribution in [3.63, 3.8) is 0 Å². The van der Waals surface area contributed by atoms with Gasteiger partial charge in [-0.15, -0.1) is 0 Å². The molecule has 0 amide bonds. The standard InChI is InChI=1S/C21H15N5O3/c22-16-4-1-11-7-13(2-3-14(11)16)26-18-15-5-6-23-10-17(15)29-19(18)20-24-8-12(9-25-20)21(27)28/h2-3,5-10,22,26H,1,4H2,(H,27,28). The molecule has 1 aliphatic carbocycles. The predicted molar refractivity (Wildman–Crippen MR) is 107 cm³/mol. The number of rotatable bonds is 4. The van der Waals surface area contributed by atoms with Gasteiger partial charge in [0.2, 0.25) is 0 Å². The Balaban J connectivity index is 1.60. The van der Waals surface area contributed by atoms with Crippen LogP contribution in [0.3, 0.4) is 0 Å². The molecule has 0 spiro atoms. The van der Waals surface area contributed by atoms with E-state index < -0.39 is 5.97 Å². The second-order valence-electron chi connectivity index (χ2n) is 6.75.